The Labute approximate surface area is 128 Å². The summed E-state index contributed by atoms with van der Waals surface area (Å²) in [5.41, 5.74) is 3.58. The van der Waals surface area contributed by atoms with Gasteiger partial charge in [0.1, 0.15) is 5.75 Å². The average Bonchev–Trinajstić information content (AvgIpc) is 2.74. The molecule has 3 aromatic rings. The van der Waals surface area contributed by atoms with Crippen LogP contribution in [0.5, 0.6) is 5.75 Å². The van der Waals surface area contributed by atoms with Gasteiger partial charge in [-0.3, -0.25) is 9.48 Å². The minimum absolute atomic E-state index is 0.000671. The van der Waals surface area contributed by atoms with Crippen molar-refractivity contribution in [2.45, 2.75) is 13.3 Å². The van der Waals surface area contributed by atoms with Crippen LogP contribution >= 0.6 is 0 Å². The van der Waals surface area contributed by atoms with Crippen molar-refractivity contribution in [3.05, 3.63) is 81.8 Å². The first-order valence-corrected chi connectivity index (χ1v) is 7.18. The molecule has 3 rings (SSSR count). The van der Waals surface area contributed by atoms with Crippen molar-refractivity contribution >= 4 is 0 Å². The molecular weight excluding hydrogens is 276 g/mol. The Morgan fingerprint density at radius 2 is 1.64 bits per heavy atom. The van der Waals surface area contributed by atoms with Crippen molar-refractivity contribution in [3.8, 4) is 11.4 Å². The molecule has 1 aromatic heterocycles. The van der Waals surface area contributed by atoms with Crippen molar-refractivity contribution < 1.29 is 5.11 Å². The Balaban J connectivity index is 2.07. The highest BCUT2D eigenvalue weighted by atomic mass is 16.3. The molecule has 0 fully saturated rings. The number of phenolic OH excluding ortho intramolecular Hbond substituents is 1. The van der Waals surface area contributed by atoms with Crippen molar-refractivity contribution in [2.75, 3.05) is 0 Å². The number of aromatic nitrogens is 2. The Hall–Kier alpha value is -2.75. The summed E-state index contributed by atoms with van der Waals surface area (Å²) in [6.45, 7) is 1.95. The first kappa shape index (κ1) is 14.2. The first-order valence-electron chi connectivity index (χ1n) is 7.18. The van der Waals surface area contributed by atoms with Crippen LogP contribution in [0.2, 0.25) is 0 Å². The summed E-state index contributed by atoms with van der Waals surface area (Å²) in [6, 6.07) is 16.6. The van der Waals surface area contributed by atoms with Gasteiger partial charge in [-0.05, 0) is 36.8 Å². The smallest absolute Gasteiger partial charge is 0.275 e. The predicted molar refractivity (Wildman–Crippen MR) is 86.7 cm³/mol. The van der Waals surface area contributed by atoms with Crippen LogP contribution in [-0.4, -0.2) is 14.5 Å². The van der Waals surface area contributed by atoms with Crippen LogP contribution in [-0.2, 0) is 13.5 Å². The molecule has 0 saturated heterocycles. The Bertz CT molecular complexity index is 843. The first-order chi connectivity index (χ1) is 10.6. The van der Waals surface area contributed by atoms with Gasteiger partial charge in [0.2, 0.25) is 0 Å². The molecule has 0 aliphatic rings. The second-order valence-corrected chi connectivity index (χ2v) is 5.38. The molecule has 1 heterocycles. The molecule has 1 N–H and O–H groups in total. The number of phenols is 1. The molecule has 0 atom stereocenters. The number of hydrogen-bond donors (Lipinski definition) is 1. The summed E-state index contributed by atoms with van der Waals surface area (Å²) in [4.78, 5) is 12.8. The van der Waals surface area contributed by atoms with Gasteiger partial charge < -0.3 is 5.11 Å². The summed E-state index contributed by atoms with van der Waals surface area (Å²) in [6.07, 6.45) is 0.554. The summed E-state index contributed by atoms with van der Waals surface area (Å²) in [5.74, 6) is 0.232. The van der Waals surface area contributed by atoms with Gasteiger partial charge in [0.25, 0.3) is 5.56 Å². The van der Waals surface area contributed by atoms with Crippen LogP contribution in [0.4, 0.5) is 0 Å². The SMILES string of the molecule is Cc1c(Cc2ccc(O)cc2)c(=O)n(-c2ccccc2)n1C. The van der Waals surface area contributed by atoms with E-state index in [-0.39, 0.29) is 11.3 Å². The fourth-order valence-electron chi connectivity index (χ4n) is 2.65. The number of hydrogen-bond acceptors (Lipinski definition) is 2. The minimum atomic E-state index is -0.000671. The molecule has 2 aromatic carbocycles. The second-order valence-electron chi connectivity index (χ2n) is 5.38. The fraction of sp³-hybridized carbons (Fsp3) is 0.167. The summed E-state index contributed by atoms with van der Waals surface area (Å²) in [5, 5.41) is 9.36. The van der Waals surface area contributed by atoms with Crippen molar-refractivity contribution in [1.82, 2.24) is 9.36 Å². The van der Waals surface area contributed by atoms with Gasteiger partial charge in [-0.25, -0.2) is 4.68 Å². The van der Waals surface area contributed by atoms with Crippen LogP contribution in [0, 0.1) is 6.92 Å². The summed E-state index contributed by atoms with van der Waals surface area (Å²) >= 11 is 0. The third-order valence-electron chi connectivity index (χ3n) is 3.99. The van der Waals surface area contributed by atoms with E-state index in [4.69, 9.17) is 0 Å². The molecule has 0 bridgehead atoms. The Morgan fingerprint density at radius 1 is 1.00 bits per heavy atom. The van der Waals surface area contributed by atoms with Gasteiger partial charge >= 0.3 is 0 Å². The minimum Gasteiger partial charge on any atom is -0.508 e. The molecule has 0 aliphatic carbocycles. The summed E-state index contributed by atoms with van der Waals surface area (Å²) in [7, 11) is 1.89. The maximum absolute atomic E-state index is 12.8. The molecule has 0 spiro atoms. The van der Waals surface area contributed by atoms with E-state index in [0.29, 0.717) is 6.42 Å². The Morgan fingerprint density at radius 3 is 2.27 bits per heavy atom. The van der Waals surface area contributed by atoms with E-state index in [0.717, 1.165) is 22.5 Å². The highest BCUT2D eigenvalue weighted by Gasteiger charge is 2.16. The number of nitrogens with zero attached hydrogens (tertiary/aromatic N) is 2. The molecule has 0 amide bonds. The van der Waals surface area contributed by atoms with E-state index < -0.39 is 0 Å². The van der Waals surface area contributed by atoms with Gasteiger partial charge in [-0.15, -0.1) is 0 Å². The van der Waals surface area contributed by atoms with Gasteiger partial charge in [0, 0.05) is 24.7 Å². The molecule has 4 nitrogen and oxygen atoms in total. The predicted octanol–water partition coefficient (Wildman–Crippen LogP) is 2.78. The largest absolute Gasteiger partial charge is 0.508 e. The van der Waals surface area contributed by atoms with Crippen LogP contribution in [0.1, 0.15) is 16.8 Å². The van der Waals surface area contributed by atoms with Crippen molar-refractivity contribution in [3.63, 3.8) is 0 Å². The molecular formula is C18H18N2O2. The lowest BCUT2D eigenvalue weighted by atomic mass is 10.1. The Kier molecular flexibility index (Phi) is 3.59. The molecule has 0 radical (unpaired) electrons. The van der Waals surface area contributed by atoms with E-state index >= 15 is 0 Å². The molecule has 4 heteroatoms. The monoisotopic (exact) mass is 294 g/mol. The van der Waals surface area contributed by atoms with E-state index in [9.17, 15) is 9.90 Å². The average molecular weight is 294 g/mol. The maximum Gasteiger partial charge on any atom is 0.275 e. The van der Waals surface area contributed by atoms with Gasteiger partial charge in [-0.1, -0.05) is 30.3 Å². The van der Waals surface area contributed by atoms with E-state index in [1.54, 1.807) is 16.8 Å². The lowest BCUT2D eigenvalue weighted by Gasteiger charge is -2.07. The second kappa shape index (κ2) is 5.56. The van der Waals surface area contributed by atoms with E-state index in [1.165, 1.54) is 0 Å². The fourth-order valence-corrected chi connectivity index (χ4v) is 2.65. The molecule has 0 saturated carbocycles. The number of para-hydroxylation sites is 1. The highest BCUT2D eigenvalue weighted by Crippen LogP contribution is 2.16. The van der Waals surface area contributed by atoms with Gasteiger partial charge in [-0.2, -0.15) is 0 Å². The molecule has 22 heavy (non-hydrogen) atoms. The standard InChI is InChI=1S/C18H18N2O2/c1-13-17(12-14-8-10-16(21)11-9-14)18(22)20(19(13)2)15-6-4-3-5-7-15/h3-11,21H,12H2,1-2H3. The third-order valence-corrected chi connectivity index (χ3v) is 3.99. The maximum atomic E-state index is 12.8. The lowest BCUT2D eigenvalue weighted by molar-refractivity contribution is 0.475. The van der Waals surface area contributed by atoms with Crippen LogP contribution in [0.15, 0.2) is 59.4 Å². The van der Waals surface area contributed by atoms with Gasteiger partial charge in [0.05, 0.1) is 5.69 Å². The quantitative estimate of drug-likeness (QED) is 0.807. The van der Waals surface area contributed by atoms with Crippen molar-refractivity contribution in [1.29, 1.82) is 0 Å². The van der Waals surface area contributed by atoms with Crippen LogP contribution in [0.25, 0.3) is 5.69 Å². The summed E-state index contributed by atoms with van der Waals surface area (Å²) < 4.78 is 3.57. The zero-order chi connectivity index (χ0) is 15.7. The number of benzene rings is 2. The van der Waals surface area contributed by atoms with E-state index in [1.807, 2.05) is 61.1 Å². The molecule has 0 unspecified atom stereocenters. The highest BCUT2D eigenvalue weighted by molar-refractivity contribution is 5.36. The van der Waals surface area contributed by atoms with Crippen LogP contribution in [0.3, 0.4) is 0 Å². The lowest BCUT2D eigenvalue weighted by Crippen LogP contribution is -2.21. The number of aromatic hydroxyl groups is 1. The zero-order valence-corrected chi connectivity index (χ0v) is 12.7. The topological polar surface area (TPSA) is 47.2 Å². The number of rotatable bonds is 3. The molecule has 112 valence electrons. The molecule has 0 aliphatic heterocycles. The van der Waals surface area contributed by atoms with Gasteiger partial charge in [0.15, 0.2) is 0 Å². The van der Waals surface area contributed by atoms with Crippen LogP contribution < -0.4 is 5.56 Å². The normalized spacial score (nSPS) is 10.8. The zero-order valence-electron chi connectivity index (χ0n) is 12.7. The van der Waals surface area contributed by atoms with Crippen molar-refractivity contribution in [2.24, 2.45) is 7.05 Å². The van der Waals surface area contributed by atoms with E-state index in [2.05, 4.69) is 0 Å². The third kappa shape index (κ3) is 2.44.